The number of fused-ring (bicyclic) bond motifs is 1. The van der Waals surface area contributed by atoms with Crippen molar-refractivity contribution in [2.75, 3.05) is 19.8 Å². The number of hydrogen-bond donors (Lipinski definition) is 3. The number of rotatable bonds is 1. The Kier molecular flexibility index (Phi) is 3.22. The van der Waals surface area contributed by atoms with Crippen LogP contribution in [0.1, 0.15) is 5.56 Å². The van der Waals surface area contributed by atoms with E-state index in [1.807, 2.05) is 0 Å². The number of aliphatic hydroxyl groups excluding tert-OH is 1. The van der Waals surface area contributed by atoms with Crippen molar-refractivity contribution in [3.05, 3.63) is 17.7 Å². The zero-order chi connectivity index (χ0) is 13.4. The summed E-state index contributed by atoms with van der Waals surface area (Å²) in [6.45, 7) is 1.40. The number of hydrogen-bond acceptors (Lipinski definition) is 6. The molecule has 0 aromatic heterocycles. The lowest BCUT2D eigenvalue weighted by Crippen LogP contribution is -2.50. The molecule has 2 aliphatic heterocycles. The Morgan fingerprint density at radius 3 is 2.63 bits per heavy atom. The molecule has 3 rings (SSSR count). The molecule has 1 aromatic rings. The van der Waals surface area contributed by atoms with Gasteiger partial charge in [0.05, 0.1) is 25.9 Å². The van der Waals surface area contributed by atoms with E-state index in [-0.39, 0.29) is 17.6 Å². The van der Waals surface area contributed by atoms with Gasteiger partial charge in [-0.05, 0) is 6.07 Å². The van der Waals surface area contributed by atoms with E-state index in [9.17, 15) is 15.3 Å². The maximum absolute atomic E-state index is 10.1. The molecule has 0 aliphatic carbocycles. The topological polar surface area (TPSA) is 88.4 Å². The molecule has 2 heterocycles. The van der Waals surface area contributed by atoms with Gasteiger partial charge in [0.25, 0.3) is 0 Å². The maximum atomic E-state index is 10.1. The van der Waals surface area contributed by atoms with Crippen molar-refractivity contribution in [1.29, 1.82) is 0 Å². The van der Waals surface area contributed by atoms with Gasteiger partial charge < -0.3 is 29.5 Å². The van der Waals surface area contributed by atoms with E-state index in [4.69, 9.17) is 14.2 Å². The monoisotopic (exact) mass is 268 g/mol. The minimum Gasteiger partial charge on any atom is -0.504 e. The third-order valence-corrected chi connectivity index (χ3v) is 3.44. The fourth-order valence-corrected chi connectivity index (χ4v) is 2.46. The summed E-state index contributed by atoms with van der Waals surface area (Å²) < 4.78 is 16.5. The Labute approximate surface area is 110 Å². The van der Waals surface area contributed by atoms with Crippen LogP contribution in [0, 0.1) is 0 Å². The molecule has 0 bridgehead atoms. The molecule has 104 valence electrons. The molecule has 19 heavy (non-hydrogen) atoms. The van der Waals surface area contributed by atoms with Crippen LogP contribution in [0.4, 0.5) is 0 Å². The van der Waals surface area contributed by atoms with Crippen LogP contribution < -0.4 is 4.74 Å². The van der Waals surface area contributed by atoms with Crippen LogP contribution in [-0.4, -0.2) is 53.5 Å². The highest BCUT2D eigenvalue weighted by molar-refractivity contribution is 5.50. The molecule has 2 aliphatic rings. The van der Waals surface area contributed by atoms with Crippen LogP contribution >= 0.6 is 0 Å². The normalized spacial score (nSPS) is 30.5. The van der Waals surface area contributed by atoms with E-state index < -0.39 is 12.2 Å². The quantitative estimate of drug-likeness (QED) is 0.630. The molecule has 3 atom stereocenters. The Hall–Kier alpha value is -1.50. The summed E-state index contributed by atoms with van der Waals surface area (Å²) in [4.78, 5) is 0. The van der Waals surface area contributed by atoms with Crippen molar-refractivity contribution in [3.8, 4) is 17.2 Å². The summed E-state index contributed by atoms with van der Waals surface area (Å²) in [5.74, 6) is -0.000254. The summed E-state index contributed by atoms with van der Waals surface area (Å²) in [5.41, 5.74) is 0.663. The van der Waals surface area contributed by atoms with E-state index in [1.54, 1.807) is 0 Å². The van der Waals surface area contributed by atoms with Gasteiger partial charge in [0, 0.05) is 18.1 Å². The number of benzene rings is 1. The van der Waals surface area contributed by atoms with Crippen LogP contribution in [-0.2, 0) is 15.9 Å². The molecule has 0 saturated carbocycles. The largest absolute Gasteiger partial charge is 0.504 e. The van der Waals surface area contributed by atoms with Gasteiger partial charge in [-0.25, -0.2) is 0 Å². The second kappa shape index (κ2) is 4.88. The molecule has 3 unspecified atom stereocenters. The zero-order valence-corrected chi connectivity index (χ0v) is 10.3. The Bertz CT molecular complexity index is 468. The third-order valence-electron chi connectivity index (χ3n) is 3.44. The van der Waals surface area contributed by atoms with E-state index in [2.05, 4.69) is 0 Å². The first-order valence-electron chi connectivity index (χ1n) is 6.24. The van der Waals surface area contributed by atoms with Gasteiger partial charge in [-0.15, -0.1) is 0 Å². The van der Waals surface area contributed by atoms with Crippen LogP contribution in [0.5, 0.6) is 17.2 Å². The zero-order valence-electron chi connectivity index (χ0n) is 10.3. The number of aliphatic hydroxyl groups is 1. The van der Waals surface area contributed by atoms with Crippen LogP contribution in [0.2, 0.25) is 0 Å². The fourth-order valence-electron chi connectivity index (χ4n) is 2.46. The standard InChI is InChI=1S/C13H16O6/c14-8-3-7-4-10(16)13(12-6-17-1-2-18-12)19-11(7)5-9(8)15/h3,5,10,12-16H,1-2,4,6H2. The van der Waals surface area contributed by atoms with Crippen molar-refractivity contribution >= 4 is 0 Å². The number of phenols is 2. The second-order valence-corrected chi connectivity index (χ2v) is 4.79. The van der Waals surface area contributed by atoms with Crippen molar-refractivity contribution in [3.63, 3.8) is 0 Å². The predicted octanol–water partition coefficient (Wildman–Crippen LogP) is 0.178. The van der Waals surface area contributed by atoms with E-state index >= 15 is 0 Å². The molecule has 0 radical (unpaired) electrons. The highest BCUT2D eigenvalue weighted by Gasteiger charge is 2.37. The molecular formula is C13H16O6. The SMILES string of the molecule is Oc1cc2c(cc1O)OC(C1COCCO1)C(O)C2. The molecule has 1 fully saturated rings. The molecule has 6 heteroatoms. The van der Waals surface area contributed by atoms with Gasteiger partial charge in [-0.3, -0.25) is 0 Å². The van der Waals surface area contributed by atoms with Crippen LogP contribution in [0.15, 0.2) is 12.1 Å². The average Bonchev–Trinajstić information content (AvgIpc) is 2.41. The minimum absolute atomic E-state index is 0.217. The van der Waals surface area contributed by atoms with Crippen molar-refractivity contribution < 1.29 is 29.5 Å². The molecule has 1 saturated heterocycles. The number of phenolic OH excluding ortho intramolecular Hbond substituents is 2. The van der Waals surface area contributed by atoms with E-state index in [0.717, 1.165) is 0 Å². The van der Waals surface area contributed by atoms with Gasteiger partial charge in [-0.1, -0.05) is 0 Å². The first-order valence-corrected chi connectivity index (χ1v) is 6.24. The highest BCUT2D eigenvalue weighted by Crippen LogP contribution is 2.37. The number of aromatic hydroxyl groups is 2. The van der Waals surface area contributed by atoms with Gasteiger partial charge in [0.15, 0.2) is 17.6 Å². The molecule has 6 nitrogen and oxygen atoms in total. The third kappa shape index (κ3) is 2.34. The summed E-state index contributed by atoms with van der Waals surface area (Å²) in [6, 6.07) is 2.76. The van der Waals surface area contributed by atoms with Gasteiger partial charge in [-0.2, -0.15) is 0 Å². The summed E-state index contributed by atoms with van der Waals surface area (Å²) >= 11 is 0. The predicted molar refractivity (Wildman–Crippen MR) is 64.5 cm³/mol. The molecule has 0 spiro atoms. The Morgan fingerprint density at radius 2 is 1.89 bits per heavy atom. The van der Waals surface area contributed by atoms with Crippen molar-refractivity contribution in [2.45, 2.75) is 24.7 Å². The second-order valence-electron chi connectivity index (χ2n) is 4.79. The van der Waals surface area contributed by atoms with Crippen molar-refractivity contribution in [2.24, 2.45) is 0 Å². The molecular weight excluding hydrogens is 252 g/mol. The van der Waals surface area contributed by atoms with Gasteiger partial charge in [0.2, 0.25) is 0 Å². The van der Waals surface area contributed by atoms with E-state index in [1.165, 1.54) is 12.1 Å². The Morgan fingerprint density at radius 1 is 1.11 bits per heavy atom. The lowest BCUT2D eigenvalue weighted by Gasteiger charge is -2.37. The molecule has 3 N–H and O–H groups in total. The van der Waals surface area contributed by atoms with Crippen LogP contribution in [0.3, 0.4) is 0 Å². The average molecular weight is 268 g/mol. The molecule has 0 amide bonds. The first kappa shape index (κ1) is 12.5. The van der Waals surface area contributed by atoms with Gasteiger partial charge >= 0.3 is 0 Å². The van der Waals surface area contributed by atoms with E-state index in [0.29, 0.717) is 37.6 Å². The van der Waals surface area contributed by atoms with Gasteiger partial charge in [0.1, 0.15) is 11.9 Å². The summed E-state index contributed by atoms with van der Waals surface area (Å²) in [7, 11) is 0. The minimum atomic E-state index is -0.733. The molecule has 1 aromatic carbocycles. The summed E-state index contributed by atoms with van der Waals surface area (Å²) in [5, 5.41) is 29.1. The van der Waals surface area contributed by atoms with Crippen LogP contribution in [0.25, 0.3) is 0 Å². The first-order chi connectivity index (χ1) is 9.15. The maximum Gasteiger partial charge on any atom is 0.161 e. The smallest absolute Gasteiger partial charge is 0.161 e. The lowest BCUT2D eigenvalue weighted by atomic mass is 9.96. The number of ether oxygens (including phenoxy) is 3. The highest BCUT2D eigenvalue weighted by atomic mass is 16.6. The van der Waals surface area contributed by atoms with Crippen molar-refractivity contribution in [1.82, 2.24) is 0 Å². The summed E-state index contributed by atoms with van der Waals surface area (Å²) in [6.07, 6.45) is -1.25. The Balaban J connectivity index is 1.84. The fraction of sp³-hybridized carbons (Fsp3) is 0.538. The lowest BCUT2D eigenvalue weighted by molar-refractivity contribution is -0.151.